The summed E-state index contributed by atoms with van der Waals surface area (Å²) in [6.07, 6.45) is 0. The number of carbonyl (C=O) groups is 1. The van der Waals surface area contributed by atoms with Gasteiger partial charge in [-0.2, -0.15) is 0 Å². The lowest BCUT2D eigenvalue weighted by atomic mass is 9.97. The highest BCUT2D eigenvalue weighted by atomic mass is 16.1. The molecule has 0 saturated carbocycles. The average molecular weight is 561 g/mol. The summed E-state index contributed by atoms with van der Waals surface area (Å²) < 4.78 is 2.39. The number of fused-ring (bicyclic) bond motifs is 1. The fourth-order valence-electron chi connectivity index (χ4n) is 5.96. The Bertz CT molecular complexity index is 1880. The van der Waals surface area contributed by atoms with Crippen LogP contribution in [0.1, 0.15) is 56.8 Å². The molecule has 43 heavy (non-hydrogen) atoms. The van der Waals surface area contributed by atoms with Crippen molar-refractivity contribution >= 4 is 22.4 Å². The second-order valence-corrected chi connectivity index (χ2v) is 11.2. The maximum absolute atomic E-state index is 12.1. The van der Waals surface area contributed by atoms with Crippen molar-refractivity contribution in [1.29, 1.82) is 0 Å². The van der Waals surface area contributed by atoms with Gasteiger partial charge in [0.2, 0.25) is 0 Å². The van der Waals surface area contributed by atoms with Crippen LogP contribution in [-0.2, 0) is 6.54 Å². The molecule has 0 aliphatic heterocycles. The van der Waals surface area contributed by atoms with E-state index in [1.165, 1.54) is 38.9 Å². The minimum Gasteiger partial charge on any atom is -0.374 e. The maximum Gasteiger partial charge on any atom is 0.160 e. The van der Waals surface area contributed by atoms with E-state index < -0.39 is 0 Å². The Kier molecular flexibility index (Phi) is 7.81. The Morgan fingerprint density at radius 2 is 1.37 bits per heavy atom. The molecule has 212 valence electrons. The average Bonchev–Trinajstić information content (AvgIpc) is 3.28. The summed E-state index contributed by atoms with van der Waals surface area (Å²) in [5.41, 5.74) is 12.1. The van der Waals surface area contributed by atoms with Crippen molar-refractivity contribution in [2.45, 2.75) is 33.4 Å². The van der Waals surface area contributed by atoms with Gasteiger partial charge in [0.1, 0.15) is 0 Å². The topological polar surface area (TPSA) is 34.0 Å². The van der Waals surface area contributed by atoms with Crippen LogP contribution in [0.25, 0.3) is 27.7 Å². The second-order valence-electron chi connectivity index (χ2n) is 11.2. The largest absolute Gasteiger partial charge is 0.374 e. The van der Waals surface area contributed by atoms with Gasteiger partial charge in [-0.05, 0) is 71.8 Å². The number of rotatable bonds is 9. The van der Waals surface area contributed by atoms with Gasteiger partial charge >= 0.3 is 0 Å². The molecule has 3 heteroatoms. The molecule has 0 spiro atoms. The number of nitrogens with one attached hydrogen (secondary N) is 1. The quantitative estimate of drug-likeness (QED) is 0.179. The Morgan fingerprint density at radius 3 is 2.00 bits per heavy atom. The molecule has 1 N–H and O–H groups in total. The van der Waals surface area contributed by atoms with Crippen molar-refractivity contribution in [2.24, 2.45) is 0 Å². The zero-order valence-corrected chi connectivity index (χ0v) is 25.0. The van der Waals surface area contributed by atoms with Crippen LogP contribution in [0.5, 0.6) is 0 Å². The van der Waals surface area contributed by atoms with Crippen LogP contribution in [-0.4, -0.2) is 10.4 Å². The van der Waals surface area contributed by atoms with Crippen LogP contribution in [0.4, 0.5) is 0 Å². The summed E-state index contributed by atoms with van der Waals surface area (Å²) in [6.45, 7) is 11.2. The van der Waals surface area contributed by atoms with E-state index in [1.807, 2.05) is 36.4 Å². The molecule has 6 aromatic rings. The summed E-state index contributed by atoms with van der Waals surface area (Å²) >= 11 is 0. The Labute approximate surface area is 254 Å². The summed E-state index contributed by atoms with van der Waals surface area (Å²) in [5, 5.41) is 4.96. The Hall–Kier alpha value is -5.15. The number of aryl methyl sites for hydroxylation is 1. The van der Waals surface area contributed by atoms with E-state index in [1.54, 1.807) is 6.92 Å². The Balaban J connectivity index is 1.27. The van der Waals surface area contributed by atoms with Crippen LogP contribution >= 0.6 is 0 Å². The molecule has 0 saturated heterocycles. The zero-order chi connectivity index (χ0) is 29.9. The fourth-order valence-corrected chi connectivity index (χ4v) is 5.96. The van der Waals surface area contributed by atoms with Crippen molar-refractivity contribution in [1.82, 2.24) is 9.88 Å². The van der Waals surface area contributed by atoms with Crippen LogP contribution in [0.3, 0.4) is 0 Å². The lowest BCUT2D eigenvalue weighted by molar-refractivity contribution is 0.101. The number of carbonyl (C=O) groups excluding carboxylic acids is 1. The van der Waals surface area contributed by atoms with E-state index in [4.69, 9.17) is 0 Å². The number of Topliss-reactive ketones (excluding diaryl/α,β-unsaturated/α-hetero) is 1. The van der Waals surface area contributed by atoms with Gasteiger partial charge in [0, 0.05) is 34.4 Å². The predicted molar refractivity (Wildman–Crippen MR) is 179 cm³/mol. The maximum atomic E-state index is 12.1. The lowest BCUT2D eigenvalue weighted by Crippen LogP contribution is -2.20. The Morgan fingerprint density at radius 1 is 0.767 bits per heavy atom. The van der Waals surface area contributed by atoms with Gasteiger partial charge in [-0.25, -0.2) is 0 Å². The first kappa shape index (κ1) is 28.0. The van der Waals surface area contributed by atoms with Crippen LogP contribution < -0.4 is 5.32 Å². The van der Waals surface area contributed by atoms with Gasteiger partial charge in [0.25, 0.3) is 0 Å². The van der Waals surface area contributed by atoms with Crippen molar-refractivity contribution in [2.75, 3.05) is 0 Å². The highest BCUT2D eigenvalue weighted by Crippen LogP contribution is 2.31. The number of hydrogen-bond acceptors (Lipinski definition) is 2. The minimum atomic E-state index is 0.00316. The van der Waals surface area contributed by atoms with Crippen molar-refractivity contribution in [3.63, 3.8) is 0 Å². The van der Waals surface area contributed by atoms with Gasteiger partial charge < -0.3 is 9.88 Å². The standard InChI is InChI=1S/C40H36N2O/c1-27-29(3)42(26-31-19-21-32(22-20-31)37-18-12-11-17-36(37)30(4)43)39-24-23-35(25-38(27)39)28(2)41-40(33-13-7-5-8-14-33)34-15-9-6-10-16-34/h5-25,40-41H,2,26H2,1,3-4H3. The molecule has 0 aliphatic rings. The third-order valence-electron chi connectivity index (χ3n) is 8.48. The van der Waals surface area contributed by atoms with Gasteiger partial charge in [-0.15, -0.1) is 0 Å². The van der Waals surface area contributed by atoms with E-state index in [-0.39, 0.29) is 11.8 Å². The number of ketones is 1. The molecule has 0 atom stereocenters. The summed E-state index contributed by atoms with van der Waals surface area (Å²) in [6, 6.07) is 44.1. The minimum absolute atomic E-state index is 0.00316. The van der Waals surface area contributed by atoms with Gasteiger partial charge in [-0.3, -0.25) is 4.79 Å². The molecule has 0 radical (unpaired) electrons. The highest BCUT2D eigenvalue weighted by Gasteiger charge is 2.17. The molecule has 6 rings (SSSR count). The lowest BCUT2D eigenvalue weighted by Gasteiger charge is -2.23. The second kappa shape index (κ2) is 12.0. The van der Waals surface area contributed by atoms with E-state index in [0.29, 0.717) is 0 Å². The van der Waals surface area contributed by atoms with Gasteiger partial charge in [-0.1, -0.05) is 122 Å². The molecule has 0 aliphatic carbocycles. The number of aromatic nitrogens is 1. The zero-order valence-electron chi connectivity index (χ0n) is 25.0. The molecule has 1 aromatic heterocycles. The van der Waals surface area contributed by atoms with Gasteiger partial charge in [0.15, 0.2) is 5.78 Å². The third kappa shape index (κ3) is 5.67. The molecular weight excluding hydrogens is 524 g/mol. The molecular formula is C40H36N2O. The first-order valence-corrected chi connectivity index (χ1v) is 14.7. The van der Waals surface area contributed by atoms with E-state index >= 15 is 0 Å². The molecule has 0 unspecified atom stereocenters. The first-order valence-electron chi connectivity index (χ1n) is 14.7. The molecule has 5 aromatic carbocycles. The number of benzene rings is 5. The first-order chi connectivity index (χ1) is 20.9. The van der Waals surface area contributed by atoms with Crippen molar-refractivity contribution in [3.8, 4) is 11.1 Å². The van der Waals surface area contributed by atoms with E-state index in [9.17, 15) is 4.79 Å². The molecule has 0 bridgehead atoms. The summed E-state index contributed by atoms with van der Waals surface area (Å²) in [4.78, 5) is 12.1. The predicted octanol–water partition coefficient (Wildman–Crippen LogP) is 9.53. The normalized spacial score (nSPS) is 11.2. The molecule has 1 heterocycles. The van der Waals surface area contributed by atoms with Crippen molar-refractivity contribution in [3.05, 3.63) is 173 Å². The summed E-state index contributed by atoms with van der Waals surface area (Å²) in [7, 11) is 0. The van der Waals surface area contributed by atoms with Crippen molar-refractivity contribution < 1.29 is 4.79 Å². The van der Waals surface area contributed by atoms with Crippen LogP contribution in [0.2, 0.25) is 0 Å². The molecule has 0 amide bonds. The van der Waals surface area contributed by atoms with Gasteiger partial charge in [0.05, 0.1) is 6.04 Å². The molecule has 0 fully saturated rings. The molecule has 3 nitrogen and oxygen atoms in total. The SMILES string of the molecule is C=C(NC(c1ccccc1)c1ccccc1)c1ccc2c(c1)c(C)c(C)n2Cc1ccc(-c2ccccc2C(C)=O)cc1. The smallest absolute Gasteiger partial charge is 0.160 e. The monoisotopic (exact) mass is 560 g/mol. The summed E-state index contributed by atoms with van der Waals surface area (Å²) in [5.74, 6) is 0.0810. The fraction of sp³-hybridized carbons (Fsp3) is 0.125. The van der Waals surface area contributed by atoms with E-state index in [2.05, 4.69) is 121 Å². The number of nitrogens with zero attached hydrogens (tertiary/aromatic N) is 1. The number of hydrogen-bond donors (Lipinski definition) is 1. The van der Waals surface area contributed by atoms with Crippen LogP contribution in [0.15, 0.2) is 134 Å². The van der Waals surface area contributed by atoms with E-state index in [0.717, 1.165) is 34.5 Å². The van der Waals surface area contributed by atoms with Crippen LogP contribution in [0, 0.1) is 13.8 Å². The highest BCUT2D eigenvalue weighted by molar-refractivity contribution is 6.00. The third-order valence-corrected chi connectivity index (χ3v) is 8.48.